The zero-order chi connectivity index (χ0) is 13.5. The number of rotatable bonds is 5. The number of hydrogen-bond donors (Lipinski definition) is 1. The number of nitriles is 1. The van der Waals surface area contributed by atoms with Crippen molar-refractivity contribution in [1.82, 2.24) is 10.2 Å². The third-order valence-corrected chi connectivity index (χ3v) is 3.91. The van der Waals surface area contributed by atoms with Crippen molar-refractivity contribution >= 4 is 0 Å². The maximum atomic E-state index is 8.81. The van der Waals surface area contributed by atoms with Crippen LogP contribution < -0.4 is 5.32 Å². The molecule has 0 amide bonds. The van der Waals surface area contributed by atoms with E-state index in [1.807, 2.05) is 12.1 Å². The number of hydrogen-bond acceptors (Lipinski definition) is 3. The van der Waals surface area contributed by atoms with Crippen LogP contribution in [0.25, 0.3) is 0 Å². The van der Waals surface area contributed by atoms with Gasteiger partial charge in [0.25, 0.3) is 0 Å². The Kier molecular flexibility index (Phi) is 5.38. The van der Waals surface area contributed by atoms with Crippen molar-refractivity contribution in [2.45, 2.75) is 26.3 Å². The van der Waals surface area contributed by atoms with E-state index in [-0.39, 0.29) is 0 Å². The number of nitrogens with zero attached hydrogens (tertiary/aromatic N) is 2. The summed E-state index contributed by atoms with van der Waals surface area (Å²) in [7, 11) is 0. The van der Waals surface area contributed by atoms with Gasteiger partial charge in [0, 0.05) is 13.1 Å². The van der Waals surface area contributed by atoms with Crippen LogP contribution >= 0.6 is 0 Å². The van der Waals surface area contributed by atoms with E-state index in [0.717, 1.165) is 24.6 Å². The van der Waals surface area contributed by atoms with Gasteiger partial charge in [-0.3, -0.25) is 4.90 Å². The summed E-state index contributed by atoms with van der Waals surface area (Å²) in [5.41, 5.74) is 2.04. The average molecular weight is 257 g/mol. The van der Waals surface area contributed by atoms with Crippen molar-refractivity contribution in [2.75, 3.05) is 26.2 Å². The lowest BCUT2D eigenvalue weighted by atomic mass is 9.97. The van der Waals surface area contributed by atoms with Gasteiger partial charge in [-0.05, 0) is 56.1 Å². The third-order valence-electron chi connectivity index (χ3n) is 3.91. The van der Waals surface area contributed by atoms with E-state index in [1.165, 1.54) is 38.0 Å². The summed E-state index contributed by atoms with van der Waals surface area (Å²) in [6.07, 6.45) is 2.59. The van der Waals surface area contributed by atoms with E-state index in [1.54, 1.807) is 0 Å². The van der Waals surface area contributed by atoms with E-state index >= 15 is 0 Å². The third kappa shape index (κ3) is 4.34. The van der Waals surface area contributed by atoms with E-state index in [0.29, 0.717) is 0 Å². The van der Waals surface area contributed by atoms with Crippen LogP contribution in [0.3, 0.4) is 0 Å². The van der Waals surface area contributed by atoms with Crippen LogP contribution in [0, 0.1) is 17.2 Å². The zero-order valence-electron chi connectivity index (χ0n) is 11.7. The van der Waals surface area contributed by atoms with Gasteiger partial charge in [0.1, 0.15) is 0 Å². The van der Waals surface area contributed by atoms with Crippen molar-refractivity contribution in [2.24, 2.45) is 5.92 Å². The average Bonchev–Trinajstić information content (AvgIpc) is 2.48. The molecule has 0 aromatic heterocycles. The Morgan fingerprint density at radius 1 is 1.26 bits per heavy atom. The van der Waals surface area contributed by atoms with Crippen LogP contribution in [0.4, 0.5) is 0 Å². The highest BCUT2D eigenvalue weighted by atomic mass is 15.1. The van der Waals surface area contributed by atoms with Gasteiger partial charge >= 0.3 is 0 Å². The second-order valence-electron chi connectivity index (χ2n) is 5.33. The van der Waals surface area contributed by atoms with Gasteiger partial charge in [-0.25, -0.2) is 0 Å². The van der Waals surface area contributed by atoms with Gasteiger partial charge in [-0.1, -0.05) is 19.1 Å². The molecule has 1 aromatic carbocycles. The molecule has 0 radical (unpaired) electrons. The second kappa shape index (κ2) is 7.28. The topological polar surface area (TPSA) is 39.1 Å². The predicted molar refractivity (Wildman–Crippen MR) is 77.7 cm³/mol. The van der Waals surface area contributed by atoms with Crippen LogP contribution in [-0.4, -0.2) is 31.1 Å². The lowest BCUT2D eigenvalue weighted by Crippen LogP contribution is -2.35. The highest BCUT2D eigenvalue weighted by Gasteiger charge is 2.16. The predicted octanol–water partition coefficient (Wildman–Crippen LogP) is 2.38. The monoisotopic (exact) mass is 257 g/mol. The number of piperidine rings is 1. The van der Waals surface area contributed by atoms with Crippen LogP contribution in [0.5, 0.6) is 0 Å². The molecule has 1 aliphatic rings. The molecule has 0 unspecified atom stereocenters. The largest absolute Gasteiger partial charge is 0.317 e. The lowest BCUT2D eigenvalue weighted by molar-refractivity contribution is 0.207. The van der Waals surface area contributed by atoms with Crippen molar-refractivity contribution in [1.29, 1.82) is 5.26 Å². The fourth-order valence-electron chi connectivity index (χ4n) is 2.68. The van der Waals surface area contributed by atoms with Gasteiger partial charge in [0.2, 0.25) is 0 Å². The van der Waals surface area contributed by atoms with Crippen LogP contribution in [0.2, 0.25) is 0 Å². The summed E-state index contributed by atoms with van der Waals surface area (Å²) < 4.78 is 0. The van der Waals surface area contributed by atoms with E-state index < -0.39 is 0 Å². The standard InChI is InChI=1S/C16H23N3/c1-2-19(13-16-7-9-18-10-8-16)12-15-5-3-14(11-17)4-6-15/h3-6,16,18H,2,7-10,12-13H2,1H3. The second-order valence-corrected chi connectivity index (χ2v) is 5.33. The number of benzene rings is 1. The maximum absolute atomic E-state index is 8.81. The van der Waals surface area contributed by atoms with Gasteiger partial charge in [0.05, 0.1) is 11.6 Å². The summed E-state index contributed by atoms with van der Waals surface area (Å²) in [6.45, 7) is 7.83. The molecule has 1 aliphatic heterocycles. The summed E-state index contributed by atoms with van der Waals surface area (Å²) in [6, 6.07) is 10.1. The molecule has 1 fully saturated rings. The molecule has 0 aliphatic carbocycles. The summed E-state index contributed by atoms with van der Waals surface area (Å²) in [4.78, 5) is 2.51. The van der Waals surface area contributed by atoms with Gasteiger partial charge in [0.15, 0.2) is 0 Å². The first-order chi connectivity index (χ1) is 9.31. The molecular weight excluding hydrogens is 234 g/mol. The number of nitrogens with one attached hydrogen (secondary N) is 1. The Balaban J connectivity index is 1.88. The van der Waals surface area contributed by atoms with Gasteiger partial charge < -0.3 is 5.32 Å². The smallest absolute Gasteiger partial charge is 0.0991 e. The SMILES string of the molecule is CCN(Cc1ccc(C#N)cc1)CC1CCNCC1. The van der Waals surface area contributed by atoms with Crippen molar-refractivity contribution in [3.05, 3.63) is 35.4 Å². The maximum Gasteiger partial charge on any atom is 0.0991 e. The molecule has 3 heteroatoms. The first-order valence-electron chi connectivity index (χ1n) is 7.24. The van der Waals surface area contributed by atoms with Crippen LogP contribution in [0.1, 0.15) is 30.9 Å². The summed E-state index contributed by atoms with van der Waals surface area (Å²) >= 11 is 0. The highest BCUT2D eigenvalue weighted by Crippen LogP contribution is 2.15. The molecule has 2 rings (SSSR count). The summed E-state index contributed by atoms with van der Waals surface area (Å²) in [5.74, 6) is 0.833. The molecule has 1 aromatic rings. The van der Waals surface area contributed by atoms with E-state index in [9.17, 15) is 0 Å². The molecular formula is C16H23N3. The van der Waals surface area contributed by atoms with Gasteiger partial charge in [-0.2, -0.15) is 5.26 Å². The minimum Gasteiger partial charge on any atom is -0.317 e. The van der Waals surface area contributed by atoms with Gasteiger partial charge in [-0.15, -0.1) is 0 Å². The fraction of sp³-hybridized carbons (Fsp3) is 0.562. The Morgan fingerprint density at radius 2 is 1.95 bits per heavy atom. The Labute approximate surface area is 116 Å². The zero-order valence-corrected chi connectivity index (χ0v) is 11.7. The van der Waals surface area contributed by atoms with Crippen LogP contribution in [0.15, 0.2) is 24.3 Å². The molecule has 0 spiro atoms. The quantitative estimate of drug-likeness (QED) is 0.880. The first-order valence-corrected chi connectivity index (χ1v) is 7.24. The Morgan fingerprint density at radius 3 is 2.53 bits per heavy atom. The minimum atomic E-state index is 0.741. The lowest BCUT2D eigenvalue weighted by Gasteiger charge is -2.29. The molecule has 1 saturated heterocycles. The fourth-order valence-corrected chi connectivity index (χ4v) is 2.68. The minimum absolute atomic E-state index is 0.741. The molecule has 0 saturated carbocycles. The highest BCUT2D eigenvalue weighted by molar-refractivity contribution is 5.31. The molecule has 102 valence electrons. The Hall–Kier alpha value is -1.37. The molecule has 0 bridgehead atoms. The normalized spacial score (nSPS) is 16.5. The van der Waals surface area contributed by atoms with E-state index in [2.05, 4.69) is 35.3 Å². The molecule has 1 N–H and O–H groups in total. The molecule has 1 heterocycles. The molecule has 3 nitrogen and oxygen atoms in total. The van der Waals surface area contributed by atoms with Crippen molar-refractivity contribution in [3.63, 3.8) is 0 Å². The van der Waals surface area contributed by atoms with Crippen LogP contribution in [-0.2, 0) is 6.54 Å². The summed E-state index contributed by atoms with van der Waals surface area (Å²) in [5, 5.41) is 12.2. The van der Waals surface area contributed by atoms with Crippen molar-refractivity contribution in [3.8, 4) is 6.07 Å². The first kappa shape index (κ1) is 14.0. The van der Waals surface area contributed by atoms with Crippen molar-refractivity contribution < 1.29 is 0 Å². The van der Waals surface area contributed by atoms with E-state index in [4.69, 9.17) is 5.26 Å². The molecule has 19 heavy (non-hydrogen) atoms. The molecule has 0 atom stereocenters. The Bertz CT molecular complexity index is 413.